The van der Waals surface area contributed by atoms with Crippen molar-refractivity contribution in [1.82, 2.24) is 0 Å². The molecule has 0 fully saturated rings. The van der Waals surface area contributed by atoms with Gasteiger partial charge >= 0.3 is 17.9 Å². The fraction of sp³-hybridized carbons (Fsp3) is 0.318. The minimum atomic E-state index is -1.41. The Kier molecular flexibility index (Phi) is 7.91. The van der Waals surface area contributed by atoms with Crippen molar-refractivity contribution in [1.29, 1.82) is 0 Å². The third-order valence-electron chi connectivity index (χ3n) is 4.40. The number of esters is 3. The van der Waals surface area contributed by atoms with Crippen LogP contribution in [0, 0.1) is 13.8 Å². The number of carbonyl (C=O) groups is 3. The van der Waals surface area contributed by atoms with E-state index in [1.807, 2.05) is 0 Å². The Morgan fingerprint density at radius 1 is 0.897 bits per heavy atom. The number of hydrogen-bond acceptors (Lipinski definition) is 7. The van der Waals surface area contributed by atoms with Crippen molar-refractivity contribution in [3.8, 4) is 0 Å². The fourth-order valence-electron chi connectivity index (χ4n) is 2.65. The highest BCUT2D eigenvalue weighted by Gasteiger charge is 2.29. The van der Waals surface area contributed by atoms with Gasteiger partial charge in [0.05, 0.1) is 24.7 Å². The van der Waals surface area contributed by atoms with Gasteiger partial charge in [-0.3, -0.25) is 4.79 Å². The molecule has 0 spiro atoms. The molecule has 1 N–H and O–H groups in total. The van der Waals surface area contributed by atoms with Crippen LogP contribution >= 0.6 is 0 Å². The second-order valence-corrected chi connectivity index (χ2v) is 6.52. The van der Waals surface area contributed by atoms with E-state index in [2.05, 4.69) is 4.74 Å². The quantitative estimate of drug-likeness (QED) is 0.537. The SMILES string of the molecule is COC(=O)C[C@H](OC(=O)c1ccccc1C)[C@H](O)COC(=O)c1ccccc1C. The molecule has 7 heteroatoms. The lowest BCUT2D eigenvalue weighted by Crippen LogP contribution is -2.37. The molecule has 0 radical (unpaired) electrons. The second kappa shape index (κ2) is 10.4. The Morgan fingerprint density at radius 2 is 1.41 bits per heavy atom. The van der Waals surface area contributed by atoms with Crippen LogP contribution in [0.5, 0.6) is 0 Å². The topological polar surface area (TPSA) is 99.1 Å². The van der Waals surface area contributed by atoms with E-state index in [0.29, 0.717) is 16.7 Å². The van der Waals surface area contributed by atoms with Crippen LogP contribution in [0.15, 0.2) is 48.5 Å². The van der Waals surface area contributed by atoms with Crippen LogP contribution in [-0.2, 0) is 19.0 Å². The smallest absolute Gasteiger partial charge is 0.338 e. The van der Waals surface area contributed by atoms with Crippen LogP contribution in [0.2, 0.25) is 0 Å². The van der Waals surface area contributed by atoms with Crippen molar-refractivity contribution in [2.45, 2.75) is 32.5 Å². The zero-order valence-electron chi connectivity index (χ0n) is 16.6. The van der Waals surface area contributed by atoms with Crippen molar-refractivity contribution in [3.63, 3.8) is 0 Å². The second-order valence-electron chi connectivity index (χ2n) is 6.52. The number of aryl methyl sites for hydroxylation is 2. The Balaban J connectivity index is 2.07. The number of ether oxygens (including phenoxy) is 3. The van der Waals surface area contributed by atoms with E-state index in [9.17, 15) is 19.5 Å². The maximum absolute atomic E-state index is 12.5. The summed E-state index contributed by atoms with van der Waals surface area (Å²) in [7, 11) is 1.19. The van der Waals surface area contributed by atoms with Crippen LogP contribution in [0.25, 0.3) is 0 Å². The van der Waals surface area contributed by atoms with Crippen molar-refractivity contribution in [2.24, 2.45) is 0 Å². The third kappa shape index (κ3) is 6.15. The number of aliphatic hydroxyl groups is 1. The molecule has 2 atom stereocenters. The molecular weight excluding hydrogens is 376 g/mol. The summed E-state index contributed by atoms with van der Waals surface area (Å²) in [5.41, 5.74) is 2.09. The standard InChI is InChI=1S/C22H24O7/c1-14-8-4-6-10-16(14)21(25)28-13-18(23)19(12-20(24)27-3)29-22(26)17-11-7-5-9-15(17)2/h4-11,18-19,23H,12-13H2,1-3H3/t18-,19+/m1/s1. The zero-order chi connectivity index (χ0) is 21.4. The van der Waals surface area contributed by atoms with Gasteiger partial charge in [-0.05, 0) is 37.1 Å². The van der Waals surface area contributed by atoms with Gasteiger partial charge in [-0.2, -0.15) is 0 Å². The van der Waals surface area contributed by atoms with E-state index < -0.39 is 36.7 Å². The van der Waals surface area contributed by atoms with Gasteiger partial charge in [0, 0.05) is 0 Å². The summed E-state index contributed by atoms with van der Waals surface area (Å²) in [5.74, 6) is -1.98. The van der Waals surface area contributed by atoms with E-state index in [1.165, 1.54) is 7.11 Å². The maximum atomic E-state index is 12.5. The molecule has 0 aromatic heterocycles. The molecule has 0 saturated carbocycles. The zero-order valence-corrected chi connectivity index (χ0v) is 16.6. The summed E-state index contributed by atoms with van der Waals surface area (Å²) in [6, 6.07) is 13.6. The normalized spacial score (nSPS) is 12.6. The van der Waals surface area contributed by atoms with Gasteiger partial charge in [0.2, 0.25) is 0 Å². The molecule has 0 saturated heterocycles. The Morgan fingerprint density at radius 3 is 1.93 bits per heavy atom. The van der Waals surface area contributed by atoms with Gasteiger partial charge in [-0.1, -0.05) is 36.4 Å². The van der Waals surface area contributed by atoms with Crippen LogP contribution in [0.4, 0.5) is 0 Å². The van der Waals surface area contributed by atoms with Crippen LogP contribution in [0.1, 0.15) is 38.3 Å². The van der Waals surface area contributed by atoms with Crippen LogP contribution < -0.4 is 0 Å². The lowest BCUT2D eigenvalue weighted by Gasteiger charge is -2.22. The Bertz CT molecular complexity index is 875. The maximum Gasteiger partial charge on any atom is 0.338 e. The van der Waals surface area contributed by atoms with Crippen LogP contribution in [0.3, 0.4) is 0 Å². The van der Waals surface area contributed by atoms with Gasteiger partial charge < -0.3 is 19.3 Å². The number of benzene rings is 2. The van der Waals surface area contributed by atoms with Gasteiger partial charge in [0.1, 0.15) is 18.8 Å². The minimum Gasteiger partial charge on any atom is -0.469 e. The molecule has 7 nitrogen and oxygen atoms in total. The molecule has 29 heavy (non-hydrogen) atoms. The highest BCUT2D eigenvalue weighted by molar-refractivity contribution is 5.91. The largest absolute Gasteiger partial charge is 0.469 e. The van der Waals surface area contributed by atoms with E-state index in [4.69, 9.17) is 9.47 Å². The molecule has 0 aliphatic rings. The van der Waals surface area contributed by atoms with Crippen LogP contribution in [-0.4, -0.2) is 48.9 Å². The lowest BCUT2D eigenvalue weighted by molar-refractivity contribution is -0.145. The molecule has 2 aromatic carbocycles. The monoisotopic (exact) mass is 400 g/mol. The molecular formula is C22H24O7. The first kappa shape index (κ1) is 22.1. The number of carbonyl (C=O) groups excluding carboxylic acids is 3. The highest BCUT2D eigenvalue weighted by atomic mass is 16.6. The van der Waals surface area contributed by atoms with Crippen molar-refractivity contribution < 1.29 is 33.7 Å². The minimum absolute atomic E-state index is 0.312. The molecule has 0 unspecified atom stereocenters. The summed E-state index contributed by atoms with van der Waals surface area (Å²) in [5, 5.41) is 10.4. The molecule has 0 aliphatic heterocycles. The summed E-state index contributed by atoms with van der Waals surface area (Å²) in [6.45, 7) is 3.05. The van der Waals surface area contributed by atoms with Crippen molar-refractivity contribution >= 4 is 17.9 Å². The summed E-state index contributed by atoms with van der Waals surface area (Å²) >= 11 is 0. The average molecular weight is 400 g/mol. The number of aliphatic hydroxyl groups excluding tert-OH is 1. The molecule has 0 aliphatic carbocycles. The predicted molar refractivity (Wildman–Crippen MR) is 104 cm³/mol. The van der Waals surface area contributed by atoms with Gasteiger partial charge in [0.15, 0.2) is 0 Å². The first-order valence-corrected chi connectivity index (χ1v) is 9.07. The number of rotatable bonds is 8. The molecule has 0 amide bonds. The molecule has 2 aromatic rings. The molecule has 0 bridgehead atoms. The van der Waals surface area contributed by atoms with Gasteiger partial charge in [-0.25, -0.2) is 9.59 Å². The molecule has 154 valence electrons. The van der Waals surface area contributed by atoms with Crippen molar-refractivity contribution in [2.75, 3.05) is 13.7 Å². The molecule has 0 heterocycles. The predicted octanol–water partition coefficient (Wildman–Crippen LogP) is 2.61. The van der Waals surface area contributed by atoms with Gasteiger partial charge in [0.25, 0.3) is 0 Å². The van der Waals surface area contributed by atoms with E-state index in [-0.39, 0.29) is 6.42 Å². The first-order chi connectivity index (χ1) is 13.8. The summed E-state index contributed by atoms with van der Waals surface area (Å²) < 4.78 is 15.1. The van der Waals surface area contributed by atoms with E-state index >= 15 is 0 Å². The van der Waals surface area contributed by atoms with E-state index in [1.54, 1.807) is 62.4 Å². The lowest BCUT2D eigenvalue weighted by atomic mass is 10.1. The van der Waals surface area contributed by atoms with Gasteiger partial charge in [-0.15, -0.1) is 0 Å². The number of hydrogen-bond donors (Lipinski definition) is 1. The fourth-order valence-corrected chi connectivity index (χ4v) is 2.65. The average Bonchev–Trinajstić information content (AvgIpc) is 2.71. The highest BCUT2D eigenvalue weighted by Crippen LogP contribution is 2.15. The number of methoxy groups -OCH3 is 1. The third-order valence-corrected chi connectivity index (χ3v) is 4.40. The Labute approximate surface area is 169 Å². The summed E-state index contributed by atoms with van der Waals surface area (Å²) in [6.07, 6.45) is -3.02. The Hall–Kier alpha value is -3.19. The van der Waals surface area contributed by atoms with E-state index in [0.717, 1.165) is 5.56 Å². The summed E-state index contributed by atoms with van der Waals surface area (Å²) in [4.78, 5) is 36.4. The van der Waals surface area contributed by atoms with Crippen molar-refractivity contribution in [3.05, 3.63) is 70.8 Å². The first-order valence-electron chi connectivity index (χ1n) is 9.07. The molecule has 2 rings (SSSR count).